The Morgan fingerprint density at radius 1 is 0.857 bits per heavy atom. The molecule has 0 bridgehead atoms. The van der Waals surface area contributed by atoms with E-state index >= 15 is 4.39 Å². The highest BCUT2D eigenvalue weighted by molar-refractivity contribution is 6.06. The first kappa shape index (κ1) is 31.9. The average Bonchev–Trinajstić information content (AvgIpc) is 3.60. The lowest BCUT2D eigenvalue weighted by atomic mass is 9.79. The molecule has 49 heavy (non-hydrogen) atoms. The third-order valence-electron chi connectivity index (χ3n) is 8.71. The van der Waals surface area contributed by atoms with E-state index in [0.29, 0.717) is 33.8 Å². The summed E-state index contributed by atoms with van der Waals surface area (Å²) in [6.45, 7) is -0.699. The van der Waals surface area contributed by atoms with Gasteiger partial charge in [-0.2, -0.15) is 0 Å². The minimum absolute atomic E-state index is 0.134. The number of nitrogens with zero attached hydrogens (tertiary/aromatic N) is 4. The van der Waals surface area contributed by atoms with E-state index in [1.165, 1.54) is 17.2 Å². The van der Waals surface area contributed by atoms with E-state index in [1.54, 1.807) is 68.8 Å². The van der Waals surface area contributed by atoms with Crippen molar-refractivity contribution in [3.63, 3.8) is 0 Å². The number of aliphatic hydroxyl groups excluding tert-OH is 1. The molecular formula is C37H32FN5O6. The van der Waals surface area contributed by atoms with Crippen LogP contribution in [0.2, 0.25) is 0 Å². The van der Waals surface area contributed by atoms with Crippen LogP contribution < -0.4 is 14.8 Å². The van der Waals surface area contributed by atoms with E-state index in [1.807, 2.05) is 54.6 Å². The van der Waals surface area contributed by atoms with Gasteiger partial charge in [-0.1, -0.05) is 72.8 Å². The number of amides is 1. The lowest BCUT2D eigenvalue weighted by molar-refractivity contribution is -0.401. The number of fused-ring (bicyclic) bond motifs is 1. The number of alkyl halides is 1. The molecule has 248 valence electrons. The van der Waals surface area contributed by atoms with Gasteiger partial charge in [-0.25, -0.2) is 19.3 Å². The third-order valence-corrected chi connectivity index (χ3v) is 8.71. The monoisotopic (exact) mass is 661 g/mol. The van der Waals surface area contributed by atoms with E-state index in [2.05, 4.69) is 20.3 Å². The number of carbonyl (C=O) groups is 1. The molecule has 3 atom stereocenters. The highest BCUT2D eigenvalue weighted by Crippen LogP contribution is 2.50. The maximum atomic E-state index is 16.0. The molecule has 1 fully saturated rings. The topological polar surface area (TPSA) is 130 Å². The molecule has 1 aliphatic heterocycles. The second kappa shape index (κ2) is 13.1. The van der Waals surface area contributed by atoms with E-state index in [0.717, 1.165) is 0 Å². The molecule has 0 radical (unpaired) electrons. The molecule has 1 saturated heterocycles. The van der Waals surface area contributed by atoms with Crippen molar-refractivity contribution in [1.82, 2.24) is 19.5 Å². The minimum Gasteiger partial charge on any atom is -0.497 e. The van der Waals surface area contributed by atoms with Crippen LogP contribution >= 0.6 is 0 Å². The molecule has 6 aromatic rings. The van der Waals surface area contributed by atoms with Crippen molar-refractivity contribution in [2.45, 2.75) is 23.8 Å². The molecule has 1 aliphatic rings. The predicted molar refractivity (Wildman–Crippen MR) is 178 cm³/mol. The molecule has 2 aromatic heterocycles. The molecule has 1 amide bonds. The highest BCUT2D eigenvalue weighted by atomic mass is 19.1. The molecular weight excluding hydrogens is 629 g/mol. The lowest BCUT2D eigenvalue weighted by Crippen LogP contribution is -2.68. The van der Waals surface area contributed by atoms with Crippen molar-refractivity contribution in [3.05, 3.63) is 144 Å². The van der Waals surface area contributed by atoms with Gasteiger partial charge in [0.2, 0.25) is 12.1 Å². The summed E-state index contributed by atoms with van der Waals surface area (Å²) in [5, 5.41) is 13.8. The number of hydrogen-bond donors (Lipinski definition) is 2. The Hall–Kier alpha value is -5.69. The number of aromatic nitrogens is 4. The van der Waals surface area contributed by atoms with Gasteiger partial charge in [-0.05, 0) is 53.1 Å². The van der Waals surface area contributed by atoms with Gasteiger partial charge in [0, 0.05) is 5.56 Å². The average molecular weight is 662 g/mol. The first-order valence-corrected chi connectivity index (χ1v) is 15.4. The maximum absolute atomic E-state index is 16.0. The molecule has 0 saturated carbocycles. The van der Waals surface area contributed by atoms with Crippen molar-refractivity contribution in [3.8, 4) is 11.5 Å². The molecule has 0 spiro atoms. The number of halogens is 1. The van der Waals surface area contributed by atoms with Gasteiger partial charge in [-0.3, -0.25) is 9.36 Å². The zero-order valence-corrected chi connectivity index (χ0v) is 26.6. The maximum Gasteiger partial charge on any atom is 0.256 e. The molecule has 7 rings (SSSR count). The summed E-state index contributed by atoms with van der Waals surface area (Å²) in [5.74, 6) is 0.985. The summed E-state index contributed by atoms with van der Waals surface area (Å²) in [4.78, 5) is 26.0. The van der Waals surface area contributed by atoms with Crippen LogP contribution in [-0.4, -0.2) is 63.8 Å². The van der Waals surface area contributed by atoms with Gasteiger partial charge in [0.25, 0.3) is 5.91 Å². The second-order valence-electron chi connectivity index (χ2n) is 11.3. The van der Waals surface area contributed by atoms with Crippen LogP contribution in [0, 0.1) is 0 Å². The fourth-order valence-corrected chi connectivity index (χ4v) is 6.19. The molecule has 0 aliphatic carbocycles. The fourth-order valence-electron chi connectivity index (χ4n) is 6.19. The van der Waals surface area contributed by atoms with Gasteiger partial charge in [0.05, 0.1) is 27.2 Å². The smallest absolute Gasteiger partial charge is 0.256 e. The molecule has 3 heterocycles. The Bertz CT molecular complexity index is 2010. The van der Waals surface area contributed by atoms with E-state index < -0.39 is 36.3 Å². The second-order valence-corrected chi connectivity index (χ2v) is 11.3. The van der Waals surface area contributed by atoms with Gasteiger partial charge in [-0.15, -0.1) is 0 Å². The van der Waals surface area contributed by atoms with Gasteiger partial charge >= 0.3 is 0 Å². The lowest BCUT2D eigenvalue weighted by Gasteiger charge is -2.53. The summed E-state index contributed by atoms with van der Waals surface area (Å²) < 4.78 is 41.0. The normalized spacial score (nSPS) is 18.9. The van der Waals surface area contributed by atoms with Crippen molar-refractivity contribution in [2.75, 3.05) is 26.1 Å². The number of ether oxygens (including phenoxy) is 4. The Kier molecular flexibility index (Phi) is 8.51. The Morgan fingerprint density at radius 2 is 1.43 bits per heavy atom. The van der Waals surface area contributed by atoms with Crippen LogP contribution in [0.25, 0.3) is 11.2 Å². The SMILES string of the molecule is COc1ccc(C(O[C@H]2[C@@H](F)O[C@@]2(CO)n2cnc3c(NC(=O)c4ccccc4)ncnc32)(c2ccccc2)c2ccc(OC)cc2)cc1. The third kappa shape index (κ3) is 5.45. The Balaban J connectivity index is 1.35. The number of nitrogens with one attached hydrogen (secondary N) is 1. The largest absolute Gasteiger partial charge is 0.497 e. The van der Waals surface area contributed by atoms with Crippen LogP contribution in [-0.2, 0) is 20.8 Å². The van der Waals surface area contributed by atoms with Crippen molar-refractivity contribution in [2.24, 2.45) is 0 Å². The van der Waals surface area contributed by atoms with Crippen molar-refractivity contribution in [1.29, 1.82) is 0 Å². The van der Waals surface area contributed by atoms with Gasteiger partial charge in [0.15, 0.2) is 23.1 Å². The molecule has 12 heteroatoms. The molecule has 2 N–H and O–H groups in total. The van der Waals surface area contributed by atoms with Crippen LogP contribution in [0.1, 0.15) is 27.0 Å². The van der Waals surface area contributed by atoms with Crippen LogP contribution in [0.3, 0.4) is 0 Å². The van der Waals surface area contributed by atoms with Crippen LogP contribution in [0.4, 0.5) is 10.2 Å². The summed E-state index contributed by atoms with van der Waals surface area (Å²) in [6, 6.07) is 32.7. The number of imidazole rings is 1. The summed E-state index contributed by atoms with van der Waals surface area (Å²) in [5.41, 5.74) is -0.373. The number of aliphatic hydroxyl groups is 1. The van der Waals surface area contributed by atoms with Crippen molar-refractivity contribution >= 4 is 22.9 Å². The van der Waals surface area contributed by atoms with E-state index in [-0.39, 0.29) is 17.0 Å². The van der Waals surface area contributed by atoms with Crippen LogP contribution in [0.5, 0.6) is 11.5 Å². The minimum atomic E-state index is -1.96. The predicted octanol–water partition coefficient (Wildman–Crippen LogP) is 5.44. The van der Waals surface area contributed by atoms with Crippen molar-refractivity contribution < 1.29 is 33.2 Å². The molecule has 4 aromatic carbocycles. The number of carbonyl (C=O) groups excluding carboxylic acids is 1. The molecule has 11 nitrogen and oxygen atoms in total. The van der Waals surface area contributed by atoms with Crippen LogP contribution in [0.15, 0.2) is 122 Å². The first-order chi connectivity index (χ1) is 23.9. The summed E-state index contributed by atoms with van der Waals surface area (Å²) in [6.07, 6.45) is -0.739. The number of methoxy groups -OCH3 is 2. The first-order valence-electron chi connectivity index (χ1n) is 15.4. The standard InChI is InChI=1S/C37H32FN5O6/c1-46-28-17-13-26(14-18-28)37(25-11-7-4-8-12-25,27-15-19-29(47-2)20-16-27)48-31-32(38)49-36(31,21-44)43-23-41-30-33(39-22-40-34(30)43)42-35(45)24-9-5-3-6-10-24/h3-20,22-23,31-32,44H,21H2,1-2H3,(H,39,40,42,45)/t31-,32-,36+/m0/s1. The number of hydrogen-bond acceptors (Lipinski definition) is 9. The van der Waals surface area contributed by atoms with E-state index in [4.69, 9.17) is 18.9 Å². The number of anilines is 1. The number of rotatable bonds is 11. The fraction of sp³-hybridized carbons (Fsp3) is 0.189. The highest BCUT2D eigenvalue weighted by Gasteiger charge is 2.62. The zero-order valence-electron chi connectivity index (χ0n) is 26.6. The quantitative estimate of drug-likeness (QED) is 0.174. The summed E-state index contributed by atoms with van der Waals surface area (Å²) >= 11 is 0. The summed E-state index contributed by atoms with van der Waals surface area (Å²) in [7, 11) is 3.15. The zero-order chi connectivity index (χ0) is 34.0. The number of benzene rings is 4. The van der Waals surface area contributed by atoms with E-state index in [9.17, 15) is 9.90 Å². The van der Waals surface area contributed by atoms with Gasteiger partial charge in [0.1, 0.15) is 23.4 Å². The van der Waals surface area contributed by atoms with Gasteiger partial charge < -0.3 is 29.4 Å². The molecule has 0 unspecified atom stereocenters. The Labute approximate surface area is 280 Å². The Morgan fingerprint density at radius 3 is 1.98 bits per heavy atom.